The zero-order valence-electron chi connectivity index (χ0n) is 10.6. The Morgan fingerprint density at radius 1 is 1.50 bits per heavy atom. The molecule has 4 nitrogen and oxygen atoms in total. The first-order valence-electron chi connectivity index (χ1n) is 6.48. The van der Waals surface area contributed by atoms with Crippen LogP contribution in [0.3, 0.4) is 0 Å². The molecule has 0 aromatic heterocycles. The van der Waals surface area contributed by atoms with E-state index in [1.807, 2.05) is 6.07 Å². The molecule has 0 radical (unpaired) electrons. The van der Waals surface area contributed by atoms with E-state index in [0.717, 1.165) is 25.1 Å². The van der Waals surface area contributed by atoms with Crippen molar-refractivity contribution in [2.45, 2.75) is 31.1 Å². The summed E-state index contributed by atoms with van der Waals surface area (Å²) < 4.78 is 11.3. The molecule has 98 valence electrons. The summed E-state index contributed by atoms with van der Waals surface area (Å²) in [6.07, 6.45) is 2.08. The first-order valence-corrected chi connectivity index (χ1v) is 6.48. The topological polar surface area (TPSA) is 50.7 Å². The molecule has 1 saturated heterocycles. The van der Waals surface area contributed by atoms with E-state index < -0.39 is 0 Å². The van der Waals surface area contributed by atoms with E-state index in [2.05, 4.69) is 17.4 Å². The molecule has 3 atom stereocenters. The van der Waals surface area contributed by atoms with Crippen LogP contribution in [0.15, 0.2) is 18.2 Å². The average Bonchev–Trinajstić information content (AvgIpc) is 2.45. The van der Waals surface area contributed by atoms with E-state index in [1.54, 1.807) is 7.11 Å². The summed E-state index contributed by atoms with van der Waals surface area (Å²) in [5, 5.41) is 12.7. The molecule has 2 N–H and O–H groups in total. The highest BCUT2D eigenvalue weighted by Crippen LogP contribution is 2.37. The second-order valence-electron chi connectivity index (χ2n) is 4.98. The number of rotatable bonds is 2. The molecule has 0 saturated carbocycles. The SMILES string of the molecule is COc1ccc2c(c1)C1OC(CO)CNC1CC2. The van der Waals surface area contributed by atoms with Gasteiger partial charge in [0.1, 0.15) is 5.75 Å². The summed E-state index contributed by atoms with van der Waals surface area (Å²) in [6.45, 7) is 0.798. The summed E-state index contributed by atoms with van der Waals surface area (Å²) >= 11 is 0. The number of fused-ring (bicyclic) bond motifs is 3. The molecular formula is C14H19NO3. The Labute approximate surface area is 107 Å². The molecule has 0 amide bonds. The summed E-state index contributed by atoms with van der Waals surface area (Å²) in [7, 11) is 1.68. The van der Waals surface area contributed by atoms with Crippen molar-refractivity contribution >= 4 is 0 Å². The minimum atomic E-state index is -0.108. The van der Waals surface area contributed by atoms with E-state index in [-0.39, 0.29) is 18.8 Å². The molecule has 3 rings (SSSR count). The van der Waals surface area contributed by atoms with Crippen molar-refractivity contribution in [3.8, 4) is 5.75 Å². The number of aliphatic hydroxyl groups excluding tert-OH is 1. The highest BCUT2D eigenvalue weighted by Gasteiger charge is 2.35. The maximum Gasteiger partial charge on any atom is 0.119 e. The van der Waals surface area contributed by atoms with Crippen molar-refractivity contribution in [1.29, 1.82) is 0 Å². The quantitative estimate of drug-likeness (QED) is 0.822. The first kappa shape index (κ1) is 12.0. The minimum absolute atomic E-state index is 0.0368. The largest absolute Gasteiger partial charge is 0.497 e. The van der Waals surface area contributed by atoms with E-state index in [0.29, 0.717) is 6.04 Å². The number of hydrogen-bond acceptors (Lipinski definition) is 4. The summed E-state index contributed by atoms with van der Waals surface area (Å²) in [5.74, 6) is 0.865. The molecule has 1 aromatic rings. The number of methoxy groups -OCH3 is 1. The number of aliphatic hydroxyl groups is 1. The third-order valence-electron chi connectivity index (χ3n) is 3.90. The molecule has 0 spiro atoms. The third-order valence-corrected chi connectivity index (χ3v) is 3.90. The lowest BCUT2D eigenvalue weighted by atomic mass is 9.84. The Balaban J connectivity index is 1.93. The fourth-order valence-corrected chi connectivity index (χ4v) is 2.89. The van der Waals surface area contributed by atoms with Crippen molar-refractivity contribution in [2.75, 3.05) is 20.3 Å². The summed E-state index contributed by atoms with van der Waals surface area (Å²) in [4.78, 5) is 0. The molecule has 4 heteroatoms. The van der Waals surface area contributed by atoms with Crippen LogP contribution in [0, 0.1) is 0 Å². The van der Waals surface area contributed by atoms with Gasteiger partial charge in [-0.2, -0.15) is 0 Å². The smallest absolute Gasteiger partial charge is 0.119 e. The Kier molecular flexibility index (Phi) is 3.24. The van der Waals surface area contributed by atoms with Gasteiger partial charge in [0.05, 0.1) is 25.9 Å². The van der Waals surface area contributed by atoms with Crippen molar-refractivity contribution in [3.05, 3.63) is 29.3 Å². The van der Waals surface area contributed by atoms with E-state index in [9.17, 15) is 5.11 Å². The van der Waals surface area contributed by atoms with Gasteiger partial charge in [-0.15, -0.1) is 0 Å². The van der Waals surface area contributed by atoms with Crippen LogP contribution in [0.4, 0.5) is 0 Å². The molecule has 1 aliphatic carbocycles. The highest BCUT2D eigenvalue weighted by molar-refractivity contribution is 5.40. The number of hydrogen-bond donors (Lipinski definition) is 2. The molecular weight excluding hydrogens is 230 g/mol. The molecule has 1 aromatic carbocycles. The van der Waals surface area contributed by atoms with E-state index in [4.69, 9.17) is 9.47 Å². The summed E-state index contributed by atoms with van der Waals surface area (Å²) in [5.41, 5.74) is 2.54. The normalized spacial score (nSPS) is 30.4. The number of nitrogens with one attached hydrogen (secondary N) is 1. The minimum Gasteiger partial charge on any atom is -0.497 e. The summed E-state index contributed by atoms with van der Waals surface area (Å²) in [6, 6.07) is 6.54. The molecule has 18 heavy (non-hydrogen) atoms. The first-order chi connectivity index (χ1) is 8.81. The Morgan fingerprint density at radius 2 is 2.39 bits per heavy atom. The van der Waals surface area contributed by atoms with Crippen LogP contribution >= 0.6 is 0 Å². The zero-order valence-corrected chi connectivity index (χ0v) is 10.6. The van der Waals surface area contributed by atoms with Crippen LogP contribution in [-0.4, -0.2) is 37.5 Å². The lowest BCUT2D eigenvalue weighted by Crippen LogP contribution is -2.51. The van der Waals surface area contributed by atoms with Gasteiger partial charge in [0.2, 0.25) is 0 Å². The van der Waals surface area contributed by atoms with Crippen LogP contribution < -0.4 is 10.1 Å². The van der Waals surface area contributed by atoms with E-state index >= 15 is 0 Å². The van der Waals surface area contributed by atoms with Crippen LogP contribution in [0.5, 0.6) is 5.75 Å². The molecule has 0 bridgehead atoms. The Hall–Kier alpha value is -1.10. The van der Waals surface area contributed by atoms with Crippen molar-refractivity contribution in [3.63, 3.8) is 0 Å². The van der Waals surface area contributed by atoms with Crippen LogP contribution in [-0.2, 0) is 11.2 Å². The van der Waals surface area contributed by atoms with Gasteiger partial charge in [-0.05, 0) is 36.1 Å². The maximum atomic E-state index is 9.24. The standard InChI is InChI=1S/C14H19NO3/c1-17-10-4-2-9-3-5-13-14(12(9)6-10)18-11(8-16)7-15-13/h2,4,6,11,13-16H,3,5,7-8H2,1H3. The van der Waals surface area contributed by atoms with Crippen molar-refractivity contribution in [2.24, 2.45) is 0 Å². The van der Waals surface area contributed by atoms with Crippen molar-refractivity contribution < 1.29 is 14.6 Å². The molecule has 1 fully saturated rings. The number of morpholine rings is 1. The number of ether oxygens (including phenoxy) is 2. The van der Waals surface area contributed by atoms with Gasteiger partial charge in [0, 0.05) is 12.6 Å². The fourth-order valence-electron chi connectivity index (χ4n) is 2.89. The monoisotopic (exact) mass is 249 g/mol. The molecule has 1 heterocycles. The van der Waals surface area contributed by atoms with Gasteiger partial charge in [-0.3, -0.25) is 0 Å². The maximum absolute atomic E-state index is 9.24. The van der Waals surface area contributed by atoms with Gasteiger partial charge in [-0.1, -0.05) is 6.07 Å². The van der Waals surface area contributed by atoms with Gasteiger partial charge in [-0.25, -0.2) is 0 Å². The fraction of sp³-hybridized carbons (Fsp3) is 0.571. The van der Waals surface area contributed by atoms with Gasteiger partial charge in [0.25, 0.3) is 0 Å². The van der Waals surface area contributed by atoms with Crippen LogP contribution in [0.2, 0.25) is 0 Å². The molecule has 2 aliphatic rings. The second kappa shape index (κ2) is 4.88. The lowest BCUT2D eigenvalue weighted by Gasteiger charge is -2.41. The molecule has 3 unspecified atom stereocenters. The van der Waals surface area contributed by atoms with Crippen molar-refractivity contribution in [1.82, 2.24) is 5.32 Å². The Bertz CT molecular complexity index is 435. The van der Waals surface area contributed by atoms with Gasteiger partial charge < -0.3 is 19.9 Å². The average molecular weight is 249 g/mol. The van der Waals surface area contributed by atoms with Gasteiger partial charge >= 0.3 is 0 Å². The van der Waals surface area contributed by atoms with E-state index in [1.165, 1.54) is 11.1 Å². The Morgan fingerprint density at radius 3 is 3.17 bits per heavy atom. The van der Waals surface area contributed by atoms with Crippen LogP contribution in [0.25, 0.3) is 0 Å². The second-order valence-corrected chi connectivity index (χ2v) is 4.98. The molecule has 1 aliphatic heterocycles. The zero-order chi connectivity index (χ0) is 12.5. The lowest BCUT2D eigenvalue weighted by molar-refractivity contribution is -0.0892. The van der Waals surface area contributed by atoms with Gasteiger partial charge in [0.15, 0.2) is 0 Å². The highest BCUT2D eigenvalue weighted by atomic mass is 16.5. The number of benzene rings is 1. The van der Waals surface area contributed by atoms with Crippen LogP contribution in [0.1, 0.15) is 23.7 Å². The predicted molar refractivity (Wildman–Crippen MR) is 67.8 cm³/mol. The number of aryl methyl sites for hydroxylation is 1. The third kappa shape index (κ3) is 2.00. The predicted octanol–water partition coefficient (Wildman–Crippen LogP) is 1.03.